The number of hydrogen-bond acceptors (Lipinski definition) is 3. The first kappa shape index (κ1) is 20.0. The highest BCUT2D eigenvalue weighted by Crippen LogP contribution is 2.20. The van der Waals surface area contributed by atoms with Crippen LogP contribution in [0.15, 0.2) is 53.1 Å². The molecule has 148 valence electrons. The van der Waals surface area contributed by atoms with E-state index in [1.165, 1.54) is 11.1 Å². The lowest BCUT2D eigenvalue weighted by molar-refractivity contribution is 0.0941. The number of nitrogens with one attached hydrogen (secondary N) is 1. The van der Waals surface area contributed by atoms with Gasteiger partial charge >= 0.3 is 0 Å². The third-order valence-corrected chi connectivity index (χ3v) is 5.25. The van der Waals surface area contributed by atoms with E-state index in [-0.39, 0.29) is 11.9 Å². The number of amides is 1. The molecule has 1 atom stereocenters. The number of hydrogen-bond donors (Lipinski definition) is 1. The number of carbonyl (C=O) groups is 1. The van der Waals surface area contributed by atoms with Crippen molar-refractivity contribution < 1.29 is 9.21 Å². The van der Waals surface area contributed by atoms with E-state index in [0.717, 1.165) is 17.1 Å². The fraction of sp³-hybridized carbons (Fsp3) is 0.348. The molecule has 1 amide bonds. The monoisotopic (exact) mass is 379 g/mol. The van der Waals surface area contributed by atoms with Crippen LogP contribution in [0, 0.1) is 20.8 Å². The van der Waals surface area contributed by atoms with Gasteiger partial charge < -0.3 is 19.2 Å². The van der Waals surface area contributed by atoms with Gasteiger partial charge in [0.25, 0.3) is 5.91 Å². The van der Waals surface area contributed by atoms with Gasteiger partial charge in [0.1, 0.15) is 5.76 Å². The number of carbonyl (C=O) groups excluding carboxylic acids is 1. The van der Waals surface area contributed by atoms with Crippen LogP contribution in [-0.4, -0.2) is 36.0 Å². The van der Waals surface area contributed by atoms with Crippen LogP contribution < -0.4 is 5.32 Å². The van der Waals surface area contributed by atoms with Crippen LogP contribution in [0.1, 0.15) is 44.7 Å². The highest BCUT2D eigenvalue weighted by atomic mass is 16.3. The van der Waals surface area contributed by atoms with Crippen molar-refractivity contribution in [1.29, 1.82) is 0 Å². The number of aromatic nitrogens is 1. The molecule has 0 aliphatic carbocycles. The van der Waals surface area contributed by atoms with Crippen LogP contribution in [0.25, 0.3) is 0 Å². The van der Waals surface area contributed by atoms with Crippen molar-refractivity contribution in [3.63, 3.8) is 0 Å². The Balaban J connectivity index is 1.72. The van der Waals surface area contributed by atoms with Crippen molar-refractivity contribution in [2.24, 2.45) is 0 Å². The predicted molar refractivity (Wildman–Crippen MR) is 112 cm³/mol. The average molecular weight is 380 g/mol. The molecule has 0 saturated carbocycles. The number of likely N-dealkylation sites (N-methyl/N-ethyl adjacent to an activating group) is 1. The summed E-state index contributed by atoms with van der Waals surface area (Å²) in [5.41, 5.74) is 5.13. The Morgan fingerprint density at radius 2 is 1.86 bits per heavy atom. The molecule has 0 spiro atoms. The molecule has 3 aromatic rings. The quantitative estimate of drug-likeness (QED) is 0.673. The second-order valence-corrected chi connectivity index (χ2v) is 7.55. The third kappa shape index (κ3) is 4.37. The van der Waals surface area contributed by atoms with Crippen LogP contribution >= 0.6 is 0 Å². The van der Waals surface area contributed by atoms with Crippen molar-refractivity contribution in [1.82, 2.24) is 14.8 Å². The molecule has 0 bridgehead atoms. The summed E-state index contributed by atoms with van der Waals surface area (Å²) in [6.45, 7) is 7.25. The van der Waals surface area contributed by atoms with Gasteiger partial charge in [-0.05, 0) is 58.6 Å². The largest absolute Gasteiger partial charge is 0.467 e. The zero-order valence-electron chi connectivity index (χ0n) is 17.3. The Kier molecular flexibility index (Phi) is 6.05. The molecule has 1 unspecified atom stereocenters. The van der Waals surface area contributed by atoms with E-state index in [9.17, 15) is 4.79 Å². The summed E-state index contributed by atoms with van der Waals surface area (Å²) in [5.74, 6) is 0.832. The Morgan fingerprint density at radius 3 is 2.46 bits per heavy atom. The van der Waals surface area contributed by atoms with Gasteiger partial charge in [-0.1, -0.05) is 29.8 Å². The lowest BCUT2D eigenvalue weighted by Gasteiger charge is -2.25. The molecule has 5 heteroatoms. The molecule has 0 aliphatic heterocycles. The summed E-state index contributed by atoms with van der Waals surface area (Å²) in [4.78, 5) is 15.0. The molecule has 1 aromatic carbocycles. The van der Waals surface area contributed by atoms with Crippen molar-refractivity contribution in [3.8, 4) is 0 Å². The summed E-state index contributed by atoms with van der Waals surface area (Å²) in [6, 6.07) is 14.4. The molecule has 2 aromatic heterocycles. The number of rotatable bonds is 7. The molecular formula is C23H29N3O2. The Morgan fingerprint density at radius 1 is 1.14 bits per heavy atom. The summed E-state index contributed by atoms with van der Waals surface area (Å²) in [6.07, 6.45) is 1.67. The summed E-state index contributed by atoms with van der Waals surface area (Å²) >= 11 is 0. The van der Waals surface area contributed by atoms with E-state index in [4.69, 9.17) is 4.42 Å². The molecule has 0 radical (unpaired) electrons. The minimum atomic E-state index is -0.0437. The first-order chi connectivity index (χ1) is 13.4. The van der Waals surface area contributed by atoms with Crippen LogP contribution in [0.3, 0.4) is 0 Å². The predicted octanol–water partition coefficient (Wildman–Crippen LogP) is 4.09. The van der Waals surface area contributed by atoms with Crippen LogP contribution in [0.4, 0.5) is 0 Å². The summed E-state index contributed by atoms with van der Waals surface area (Å²) in [7, 11) is 4.07. The average Bonchev–Trinajstić information content (AvgIpc) is 3.26. The first-order valence-corrected chi connectivity index (χ1v) is 9.57. The van der Waals surface area contributed by atoms with Gasteiger partial charge in [0.15, 0.2) is 0 Å². The van der Waals surface area contributed by atoms with Gasteiger partial charge in [-0.3, -0.25) is 4.79 Å². The molecule has 1 N–H and O–H groups in total. The lowest BCUT2D eigenvalue weighted by atomic mass is 10.0. The molecule has 2 heterocycles. The number of aryl methyl sites for hydroxylation is 2. The number of furan rings is 1. The van der Waals surface area contributed by atoms with Crippen LogP contribution in [-0.2, 0) is 6.54 Å². The minimum Gasteiger partial charge on any atom is -0.467 e. The lowest BCUT2D eigenvalue weighted by Crippen LogP contribution is -2.34. The second-order valence-electron chi connectivity index (χ2n) is 7.55. The SMILES string of the molecule is Cc1ccc(C(CNC(=O)c2cc(C)n(Cc3ccco3)c2C)N(C)C)cc1. The Hall–Kier alpha value is -2.79. The van der Waals surface area contributed by atoms with Crippen molar-refractivity contribution in [3.05, 3.63) is 82.6 Å². The molecule has 5 nitrogen and oxygen atoms in total. The number of nitrogens with zero attached hydrogens (tertiary/aromatic N) is 2. The summed E-state index contributed by atoms with van der Waals surface area (Å²) in [5, 5.41) is 3.12. The maximum Gasteiger partial charge on any atom is 0.253 e. The topological polar surface area (TPSA) is 50.4 Å². The van der Waals surface area contributed by atoms with Gasteiger partial charge in [0, 0.05) is 17.9 Å². The fourth-order valence-corrected chi connectivity index (χ4v) is 3.50. The maximum absolute atomic E-state index is 12.9. The maximum atomic E-state index is 12.9. The zero-order chi connectivity index (χ0) is 20.3. The molecule has 0 fully saturated rings. The van der Waals surface area contributed by atoms with E-state index in [1.807, 2.05) is 46.1 Å². The van der Waals surface area contributed by atoms with Gasteiger partial charge in [-0.25, -0.2) is 0 Å². The van der Waals surface area contributed by atoms with E-state index < -0.39 is 0 Å². The highest BCUT2D eigenvalue weighted by Gasteiger charge is 2.19. The molecule has 0 saturated heterocycles. The normalized spacial score (nSPS) is 12.4. The van der Waals surface area contributed by atoms with Gasteiger partial charge in [-0.15, -0.1) is 0 Å². The van der Waals surface area contributed by atoms with Crippen molar-refractivity contribution in [2.75, 3.05) is 20.6 Å². The zero-order valence-corrected chi connectivity index (χ0v) is 17.3. The summed E-state index contributed by atoms with van der Waals surface area (Å²) < 4.78 is 7.56. The molecular weight excluding hydrogens is 350 g/mol. The Bertz CT molecular complexity index is 922. The van der Waals surface area contributed by atoms with E-state index in [0.29, 0.717) is 18.7 Å². The van der Waals surface area contributed by atoms with Crippen molar-refractivity contribution >= 4 is 5.91 Å². The van der Waals surface area contributed by atoms with Crippen LogP contribution in [0.5, 0.6) is 0 Å². The second kappa shape index (κ2) is 8.48. The first-order valence-electron chi connectivity index (χ1n) is 9.57. The van der Waals surface area contributed by atoms with Crippen molar-refractivity contribution in [2.45, 2.75) is 33.4 Å². The number of benzene rings is 1. The van der Waals surface area contributed by atoms with E-state index in [1.54, 1.807) is 6.26 Å². The molecule has 0 aliphatic rings. The van der Waals surface area contributed by atoms with E-state index >= 15 is 0 Å². The van der Waals surface area contributed by atoms with Crippen LogP contribution in [0.2, 0.25) is 0 Å². The minimum absolute atomic E-state index is 0.0437. The van der Waals surface area contributed by atoms with Gasteiger partial charge in [-0.2, -0.15) is 0 Å². The Labute approximate surface area is 167 Å². The third-order valence-electron chi connectivity index (χ3n) is 5.25. The smallest absolute Gasteiger partial charge is 0.253 e. The highest BCUT2D eigenvalue weighted by molar-refractivity contribution is 5.95. The standard InChI is InChI=1S/C23H29N3O2/c1-16-8-10-19(11-9-16)22(25(4)5)14-24-23(27)21-13-17(2)26(18(21)3)15-20-7-6-12-28-20/h6-13,22H,14-15H2,1-5H3,(H,24,27). The van der Waals surface area contributed by atoms with Gasteiger partial charge in [0.2, 0.25) is 0 Å². The van der Waals surface area contributed by atoms with E-state index in [2.05, 4.69) is 46.0 Å². The molecule has 3 rings (SSSR count). The molecule has 28 heavy (non-hydrogen) atoms. The fourth-order valence-electron chi connectivity index (χ4n) is 3.50. The van der Waals surface area contributed by atoms with Gasteiger partial charge in [0.05, 0.1) is 24.4 Å².